The fourth-order valence-electron chi connectivity index (χ4n) is 6.16. The highest BCUT2D eigenvalue weighted by Gasteiger charge is 2.25. The second kappa shape index (κ2) is 10.6. The average Bonchev–Trinajstić information content (AvgIpc) is 3.53. The SMILES string of the molecule is Oc1ccc2c(c1)CCCC(c1ccc3c(c1)CCN3)=C2c1ccc(OC2CCN(CCCF)C2)cc1. The summed E-state index contributed by atoms with van der Waals surface area (Å²) in [5.74, 6) is 1.21. The first kappa shape index (κ1) is 24.1. The zero-order chi connectivity index (χ0) is 25.2. The van der Waals surface area contributed by atoms with Crippen molar-refractivity contribution >= 4 is 16.8 Å². The Bertz CT molecular complexity index is 1300. The van der Waals surface area contributed by atoms with Crippen LogP contribution < -0.4 is 10.1 Å². The molecule has 1 atom stereocenters. The molecule has 3 aromatic rings. The van der Waals surface area contributed by atoms with Crippen molar-refractivity contribution < 1.29 is 14.2 Å². The molecule has 4 nitrogen and oxygen atoms in total. The third kappa shape index (κ3) is 5.10. The zero-order valence-electron chi connectivity index (χ0n) is 21.3. The number of aryl methyl sites for hydroxylation is 1. The van der Waals surface area contributed by atoms with Gasteiger partial charge in [0, 0.05) is 31.9 Å². The number of hydrogen-bond acceptors (Lipinski definition) is 4. The fourth-order valence-corrected chi connectivity index (χ4v) is 6.16. The maximum atomic E-state index is 12.5. The van der Waals surface area contributed by atoms with E-state index < -0.39 is 0 Å². The van der Waals surface area contributed by atoms with Gasteiger partial charge in [0.25, 0.3) is 0 Å². The number of hydrogen-bond donors (Lipinski definition) is 2. The number of ether oxygens (including phenoxy) is 1. The summed E-state index contributed by atoms with van der Waals surface area (Å²) >= 11 is 0. The molecular weight excluding hydrogens is 463 g/mol. The lowest BCUT2D eigenvalue weighted by Crippen LogP contribution is -2.26. The van der Waals surface area contributed by atoms with Crippen molar-refractivity contribution in [3.63, 3.8) is 0 Å². The van der Waals surface area contributed by atoms with E-state index in [2.05, 4.69) is 58.7 Å². The number of anilines is 1. The first-order chi connectivity index (χ1) is 18.2. The first-order valence-corrected chi connectivity index (χ1v) is 13.7. The van der Waals surface area contributed by atoms with Crippen molar-refractivity contribution in [3.05, 3.63) is 88.5 Å². The van der Waals surface area contributed by atoms with Crippen molar-refractivity contribution in [1.82, 2.24) is 4.90 Å². The normalized spacial score (nSPS) is 19.3. The molecule has 5 heteroatoms. The van der Waals surface area contributed by atoms with Crippen LogP contribution in [0.5, 0.6) is 11.5 Å². The number of rotatable bonds is 7. The van der Waals surface area contributed by atoms with Gasteiger partial charge < -0.3 is 15.2 Å². The van der Waals surface area contributed by atoms with Crippen molar-refractivity contribution in [2.75, 3.05) is 38.2 Å². The van der Waals surface area contributed by atoms with E-state index in [1.54, 1.807) is 6.07 Å². The summed E-state index contributed by atoms with van der Waals surface area (Å²) in [6, 6.07) is 21.2. The summed E-state index contributed by atoms with van der Waals surface area (Å²) in [5, 5.41) is 13.7. The van der Waals surface area contributed by atoms with E-state index >= 15 is 0 Å². The fraction of sp³-hybridized carbons (Fsp3) is 0.375. The molecule has 0 amide bonds. The first-order valence-electron chi connectivity index (χ1n) is 13.7. The smallest absolute Gasteiger partial charge is 0.119 e. The highest BCUT2D eigenvalue weighted by molar-refractivity contribution is 6.00. The van der Waals surface area contributed by atoms with E-state index in [9.17, 15) is 9.50 Å². The van der Waals surface area contributed by atoms with E-state index in [1.165, 1.54) is 44.7 Å². The van der Waals surface area contributed by atoms with Crippen LogP contribution in [0, 0.1) is 0 Å². The number of nitrogens with zero attached hydrogens (tertiary/aromatic N) is 1. The Labute approximate surface area is 218 Å². The van der Waals surface area contributed by atoms with E-state index in [0.29, 0.717) is 12.2 Å². The van der Waals surface area contributed by atoms with Crippen molar-refractivity contribution in [2.45, 2.75) is 44.6 Å². The number of fused-ring (bicyclic) bond motifs is 2. The van der Waals surface area contributed by atoms with Crippen LogP contribution >= 0.6 is 0 Å². The van der Waals surface area contributed by atoms with Gasteiger partial charge in [0.2, 0.25) is 0 Å². The molecule has 2 aliphatic heterocycles. The minimum atomic E-state index is -0.258. The van der Waals surface area contributed by atoms with Crippen molar-refractivity contribution in [3.8, 4) is 11.5 Å². The number of alkyl halides is 1. The lowest BCUT2D eigenvalue weighted by molar-refractivity contribution is 0.198. The molecule has 3 aliphatic rings. The van der Waals surface area contributed by atoms with Crippen LogP contribution in [-0.2, 0) is 12.8 Å². The van der Waals surface area contributed by atoms with Gasteiger partial charge in [0.05, 0.1) is 6.67 Å². The second-order valence-electron chi connectivity index (χ2n) is 10.5. The lowest BCUT2D eigenvalue weighted by Gasteiger charge is -2.19. The molecule has 2 N–H and O–H groups in total. The van der Waals surface area contributed by atoms with E-state index in [0.717, 1.165) is 64.0 Å². The summed E-state index contributed by atoms with van der Waals surface area (Å²) in [4.78, 5) is 2.29. The van der Waals surface area contributed by atoms with Gasteiger partial charge in [-0.25, -0.2) is 0 Å². The molecule has 0 spiro atoms. The zero-order valence-corrected chi connectivity index (χ0v) is 21.3. The van der Waals surface area contributed by atoms with Gasteiger partial charge in [0.15, 0.2) is 0 Å². The molecule has 37 heavy (non-hydrogen) atoms. The number of phenolic OH excluding ortho intramolecular Hbond substituents is 1. The predicted octanol–water partition coefficient (Wildman–Crippen LogP) is 6.47. The number of nitrogens with one attached hydrogen (secondary N) is 1. The van der Waals surface area contributed by atoms with E-state index in [1.807, 2.05) is 6.07 Å². The lowest BCUT2D eigenvalue weighted by atomic mass is 9.87. The average molecular weight is 499 g/mol. The van der Waals surface area contributed by atoms with Gasteiger partial charge in [-0.3, -0.25) is 9.29 Å². The Kier molecular flexibility index (Phi) is 6.88. The molecule has 6 rings (SSSR count). The van der Waals surface area contributed by atoms with Crippen LogP contribution in [0.25, 0.3) is 11.1 Å². The molecule has 0 aromatic heterocycles. The molecule has 1 unspecified atom stereocenters. The molecule has 0 bridgehead atoms. The number of phenols is 1. The van der Waals surface area contributed by atoms with Crippen molar-refractivity contribution in [1.29, 1.82) is 0 Å². The van der Waals surface area contributed by atoms with Gasteiger partial charge in [-0.1, -0.05) is 24.3 Å². The van der Waals surface area contributed by atoms with Gasteiger partial charge in [-0.2, -0.15) is 0 Å². The quantitative estimate of drug-likeness (QED) is 0.392. The molecule has 2 heterocycles. The van der Waals surface area contributed by atoms with Gasteiger partial charge in [0.1, 0.15) is 17.6 Å². The number of halogens is 1. The molecule has 3 aromatic carbocycles. The largest absolute Gasteiger partial charge is 0.508 e. The maximum Gasteiger partial charge on any atom is 0.119 e. The molecule has 1 fully saturated rings. The van der Waals surface area contributed by atoms with Crippen molar-refractivity contribution in [2.24, 2.45) is 0 Å². The highest BCUT2D eigenvalue weighted by atomic mass is 19.1. The van der Waals surface area contributed by atoms with Crippen LogP contribution in [-0.4, -0.2) is 49.0 Å². The van der Waals surface area contributed by atoms with Gasteiger partial charge in [-0.15, -0.1) is 0 Å². The maximum absolute atomic E-state index is 12.5. The molecule has 0 saturated carbocycles. The second-order valence-corrected chi connectivity index (χ2v) is 10.5. The standard InChI is InChI=1S/C32H35FN2O2/c33-15-2-17-35-18-14-28(21-35)37-27-9-5-22(6-10-27)32-29(24-7-12-31-25(19-24)13-16-34-31)4-1-3-23-20-26(36)8-11-30(23)32/h5-12,19-20,28,34,36H,1-4,13-18,21H2. The number of benzene rings is 3. The third-order valence-corrected chi connectivity index (χ3v) is 7.98. The van der Waals surface area contributed by atoms with E-state index in [-0.39, 0.29) is 12.8 Å². The third-order valence-electron chi connectivity index (χ3n) is 7.98. The number of likely N-dealkylation sites (tertiary alicyclic amines) is 1. The summed E-state index contributed by atoms with van der Waals surface area (Å²) in [6.07, 6.45) is 5.78. The highest BCUT2D eigenvalue weighted by Crippen LogP contribution is 2.42. The summed E-state index contributed by atoms with van der Waals surface area (Å²) in [5.41, 5.74) is 10.1. The molecule has 192 valence electrons. The van der Waals surface area contributed by atoms with Crippen LogP contribution in [0.4, 0.5) is 10.1 Å². The number of aromatic hydroxyl groups is 1. The van der Waals surface area contributed by atoms with Gasteiger partial charge in [-0.05, 0) is 114 Å². The Morgan fingerprint density at radius 1 is 0.946 bits per heavy atom. The Morgan fingerprint density at radius 2 is 1.81 bits per heavy atom. The molecule has 0 radical (unpaired) electrons. The number of allylic oxidation sites excluding steroid dienone is 1. The monoisotopic (exact) mass is 498 g/mol. The Hall–Kier alpha value is -3.31. The van der Waals surface area contributed by atoms with Gasteiger partial charge >= 0.3 is 0 Å². The Balaban J connectivity index is 1.33. The van der Waals surface area contributed by atoms with Crippen LogP contribution in [0.15, 0.2) is 60.7 Å². The summed E-state index contributed by atoms with van der Waals surface area (Å²) in [7, 11) is 0. The van der Waals surface area contributed by atoms with Crippen LogP contribution in [0.1, 0.15) is 53.5 Å². The van der Waals surface area contributed by atoms with E-state index in [4.69, 9.17) is 4.74 Å². The topological polar surface area (TPSA) is 44.7 Å². The Morgan fingerprint density at radius 3 is 2.68 bits per heavy atom. The van der Waals surface area contributed by atoms with Crippen LogP contribution in [0.2, 0.25) is 0 Å². The minimum Gasteiger partial charge on any atom is -0.508 e. The molecular formula is C32H35FN2O2. The van der Waals surface area contributed by atoms with Crippen LogP contribution in [0.3, 0.4) is 0 Å². The molecule has 1 saturated heterocycles. The minimum absolute atomic E-state index is 0.154. The summed E-state index contributed by atoms with van der Waals surface area (Å²) < 4.78 is 18.8. The molecule has 1 aliphatic carbocycles. The predicted molar refractivity (Wildman–Crippen MR) is 148 cm³/mol. The summed E-state index contributed by atoms with van der Waals surface area (Å²) in [6.45, 7) is 3.38.